The molecule has 0 saturated carbocycles. The third-order valence-corrected chi connectivity index (χ3v) is 3.49. The Morgan fingerprint density at radius 2 is 2.26 bits per heavy atom. The van der Waals surface area contributed by atoms with Gasteiger partial charge in [0.2, 0.25) is 0 Å². The maximum atomic E-state index is 12.2. The highest BCUT2D eigenvalue weighted by Gasteiger charge is 2.28. The van der Waals surface area contributed by atoms with Gasteiger partial charge in [0.25, 0.3) is 11.5 Å². The van der Waals surface area contributed by atoms with E-state index in [1.54, 1.807) is 0 Å². The second-order valence-electron chi connectivity index (χ2n) is 5.58. The van der Waals surface area contributed by atoms with E-state index in [0.29, 0.717) is 26.2 Å². The number of aromatic nitrogens is 2. The first-order chi connectivity index (χ1) is 11.0. The van der Waals surface area contributed by atoms with Crippen molar-refractivity contribution in [2.45, 2.75) is 32.4 Å². The summed E-state index contributed by atoms with van der Waals surface area (Å²) in [5, 5.41) is 2.78. The van der Waals surface area contributed by atoms with Crippen LogP contribution in [-0.2, 0) is 9.47 Å². The van der Waals surface area contributed by atoms with Crippen LogP contribution in [0, 0.1) is 0 Å². The monoisotopic (exact) mass is 323 g/mol. The zero-order valence-corrected chi connectivity index (χ0v) is 13.2. The highest BCUT2D eigenvalue weighted by molar-refractivity contribution is 5.93. The van der Waals surface area contributed by atoms with Crippen LogP contribution in [0.1, 0.15) is 30.6 Å². The molecule has 1 aromatic rings. The minimum absolute atomic E-state index is 0.140. The van der Waals surface area contributed by atoms with E-state index < -0.39 is 17.2 Å². The summed E-state index contributed by atoms with van der Waals surface area (Å²) in [5.74, 6) is -0.551. The molecular weight excluding hydrogens is 302 g/mol. The normalized spacial score (nSPS) is 20.8. The zero-order chi connectivity index (χ0) is 16.8. The zero-order valence-electron chi connectivity index (χ0n) is 13.2. The fourth-order valence-corrected chi connectivity index (χ4v) is 2.20. The summed E-state index contributed by atoms with van der Waals surface area (Å²) >= 11 is 0. The molecule has 0 spiro atoms. The van der Waals surface area contributed by atoms with Crippen molar-refractivity contribution in [3.63, 3.8) is 0 Å². The fourth-order valence-electron chi connectivity index (χ4n) is 2.20. The SMILES string of the molecule is CC(C)=CCO[C@@H]1COCC[C@H]1NC(=O)c1c[nH]c(=O)[nH]c1=O. The Kier molecular flexibility index (Phi) is 5.89. The van der Waals surface area contributed by atoms with E-state index in [2.05, 4.69) is 10.3 Å². The molecule has 1 aromatic heterocycles. The predicted molar refractivity (Wildman–Crippen MR) is 83.5 cm³/mol. The molecule has 23 heavy (non-hydrogen) atoms. The highest BCUT2D eigenvalue weighted by Crippen LogP contribution is 2.12. The van der Waals surface area contributed by atoms with Gasteiger partial charge in [0, 0.05) is 12.8 Å². The molecule has 8 heteroatoms. The molecule has 8 nitrogen and oxygen atoms in total. The average molecular weight is 323 g/mol. The molecule has 0 aromatic carbocycles. The molecule has 1 aliphatic rings. The Morgan fingerprint density at radius 3 is 2.96 bits per heavy atom. The van der Waals surface area contributed by atoms with Gasteiger partial charge < -0.3 is 19.8 Å². The van der Waals surface area contributed by atoms with Crippen molar-refractivity contribution in [1.82, 2.24) is 15.3 Å². The minimum Gasteiger partial charge on any atom is -0.379 e. The summed E-state index contributed by atoms with van der Waals surface area (Å²) in [5.41, 5.74) is -0.373. The van der Waals surface area contributed by atoms with Gasteiger partial charge in [0.15, 0.2) is 0 Å². The molecule has 0 bridgehead atoms. The Balaban J connectivity index is 2.03. The van der Waals surface area contributed by atoms with Gasteiger partial charge in [0.05, 0.1) is 19.3 Å². The highest BCUT2D eigenvalue weighted by atomic mass is 16.5. The summed E-state index contributed by atoms with van der Waals surface area (Å²) in [6.07, 6.45) is 3.35. The smallest absolute Gasteiger partial charge is 0.325 e. The van der Waals surface area contributed by atoms with Crippen molar-refractivity contribution in [2.75, 3.05) is 19.8 Å². The Hall–Kier alpha value is -2.19. The summed E-state index contributed by atoms with van der Waals surface area (Å²) in [6.45, 7) is 5.27. The maximum absolute atomic E-state index is 12.2. The molecule has 0 aliphatic carbocycles. The molecule has 1 fully saturated rings. The van der Waals surface area contributed by atoms with Crippen molar-refractivity contribution in [3.05, 3.63) is 44.2 Å². The first-order valence-corrected chi connectivity index (χ1v) is 7.43. The average Bonchev–Trinajstić information content (AvgIpc) is 2.48. The minimum atomic E-state index is -0.722. The third-order valence-electron chi connectivity index (χ3n) is 3.49. The van der Waals surface area contributed by atoms with Crippen LogP contribution < -0.4 is 16.6 Å². The van der Waals surface area contributed by atoms with Gasteiger partial charge in [0.1, 0.15) is 11.7 Å². The van der Waals surface area contributed by atoms with Crippen molar-refractivity contribution in [1.29, 1.82) is 0 Å². The van der Waals surface area contributed by atoms with Crippen molar-refractivity contribution in [2.24, 2.45) is 0 Å². The van der Waals surface area contributed by atoms with Gasteiger partial charge in [-0.1, -0.05) is 11.6 Å². The van der Waals surface area contributed by atoms with E-state index in [1.165, 1.54) is 0 Å². The molecule has 1 aliphatic heterocycles. The third kappa shape index (κ3) is 4.90. The summed E-state index contributed by atoms with van der Waals surface area (Å²) in [6, 6.07) is -0.256. The van der Waals surface area contributed by atoms with Gasteiger partial charge in [-0.2, -0.15) is 0 Å². The van der Waals surface area contributed by atoms with Gasteiger partial charge in [-0.15, -0.1) is 0 Å². The van der Waals surface area contributed by atoms with Crippen LogP contribution in [0.4, 0.5) is 0 Å². The van der Waals surface area contributed by atoms with Gasteiger partial charge in [-0.25, -0.2) is 4.79 Å². The molecule has 126 valence electrons. The van der Waals surface area contributed by atoms with Crippen LogP contribution in [0.15, 0.2) is 27.4 Å². The number of hydrogen-bond donors (Lipinski definition) is 3. The fraction of sp³-hybridized carbons (Fsp3) is 0.533. The Morgan fingerprint density at radius 1 is 1.48 bits per heavy atom. The number of nitrogens with one attached hydrogen (secondary N) is 3. The van der Waals surface area contributed by atoms with Crippen molar-refractivity contribution < 1.29 is 14.3 Å². The van der Waals surface area contributed by atoms with E-state index in [0.717, 1.165) is 11.8 Å². The molecule has 1 saturated heterocycles. The van der Waals surface area contributed by atoms with Crippen molar-refractivity contribution in [3.8, 4) is 0 Å². The molecule has 1 amide bonds. The number of ether oxygens (including phenoxy) is 2. The van der Waals surface area contributed by atoms with Crippen molar-refractivity contribution >= 4 is 5.91 Å². The number of carbonyl (C=O) groups excluding carboxylic acids is 1. The quantitative estimate of drug-likeness (QED) is 0.657. The number of allylic oxidation sites excluding steroid dienone is 1. The lowest BCUT2D eigenvalue weighted by Gasteiger charge is -2.31. The molecule has 3 N–H and O–H groups in total. The Labute approximate surface area is 132 Å². The number of amides is 1. The lowest BCUT2D eigenvalue weighted by molar-refractivity contribution is -0.0589. The van der Waals surface area contributed by atoms with Crippen LogP contribution in [0.3, 0.4) is 0 Å². The van der Waals surface area contributed by atoms with Crippen LogP contribution in [-0.4, -0.2) is 47.8 Å². The standard InChI is InChI=1S/C15H21N3O5/c1-9(2)3-6-23-12-8-22-5-4-11(12)17-13(19)10-7-16-15(21)18-14(10)20/h3,7,11-12H,4-6,8H2,1-2H3,(H,17,19)(H2,16,18,20,21)/t11-,12-/m1/s1. The lowest BCUT2D eigenvalue weighted by Crippen LogP contribution is -2.51. The number of carbonyl (C=O) groups is 1. The molecule has 0 radical (unpaired) electrons. The van der Waals surface area contributed by atoms with Crippen LogP contribution >= 0.6 is 0 Å². The number of aromatic amines is 2. The maximum Gasteiger partial charge on any atom is 0.325 e. The van der Waals surface area contributed by atoms with Gasteiger partial charge in [-0.05, 0) is 20.3 Å². The molecule has 2 heterocycles. The van der Waals surface area contributed by atoms with Gasteiger partial charge >= 0.3 is 5.69 Å². The van der Waals surface area contributed by atoms with E-state index in [4.69, 9.17) is 9.47 Å². The van der Waals surface area contributed by atoms with Crippen LogP contribution in [0.5, 0.6) is 0 Å². The van der Waals surface area contributed by atoms with E-state index >= 15 is 0 Å². The first-order valence-electron chi connectivity index (χ1n) is 7.43. The molecular formula is C15H21N3O5. The van der Waals surface area contributed by atoms with E-state index in [1.807, 2.05) is 24.9 Å². The summed E-state index contributed by atoms with van der Waals surface area (Å²) < 4.78 is 11.1. The number of rotatable bonds is 5. The molecule has 2 rings (SSSR count). The summed E-state index contributed by atoms with van der Waals surface area (Å²) in [7, 11) is 0. The number of H-pyrrole nitrogens is 2. The Bertz CT molecular complexity index is 687. The lowest BCUT2D eigenvalue weighted by atomic mass is 10.1. The predicted octanol–water partition coefficient (Wildman–Crippen LogP) is -0.0667. The van der Waals surface area contributed by atoms with Crippen LogP contribution in [0.25, 0.3) is 0 Å². The summed E-state index contributed by atoms with van der Waals surface area (Å²) in [4.78, 5) is 39.2. The number of hydrogen-bond acceptors (Lipinski definition) is 5. The van der Waals surface area contributed by atoms with E-state index in [9.17, 15) is 14.4 Å². The largest absolute Gasteiger partial charge is 0.379 e. The second-order valence-corrected chi connectivity index (χ2v) is 5.58. The molecule has 0 unspecified atom stereocenters. The first kappa shape index (κ1) is 17.2. The van der Waals surface area contributed by atoms with Gasteiger partial charge in [-0.3, -0.25) is 14.6 Å². The topological polar surface area (TPSA) is 113 Å². The van der Waals surface area contributed by atoms with Crippen LogP contribution in [0.2, 0.25) is 0 Å². The molecule has 2 atom stereocenters. The second kappa shape index (κ2) is 7.89. The van der Waals surface area contributed by atoms with E-state index in [-0.39, 0.29) is 17.7 Å².